The third-order valence-corrected chi connectivity index (χ3v) is 6.52. The summed E-state index contributed by atoms with van der Waals surface area (Å²) >= 11 is 0. The largest absolute Gasteiger partial charge is 0.508 e. The Morgan fingerprint density at radius 1 is 0.927 bits per heavy atom. The number of phenolic OH excluding ortho intramolecular Hbond substituents is 1. The summed E-state index contributed by atoms with van der Waals surface area (Å²) in [5, 5.41) is 15.6. The van der Waals surface area contributed by atoms with Crippen LogP contribution < -0.4 is 15.4 Å². The van der Waals surface area contributed by atoms with Crippen molar-refractivity contribution in [3.63, 3.8) is 0 Å². The van der Waals surface area contributed by atoms with Gasteiger partial charge in [-0.3, -0.25) is 9.59 Å². The fourth-order valence-electron chi connectivity index (χ4n) is 4.39. The minimum absolute atomic E-state index is 0.0483. The fraction of sp³-hybridized carbons (Fsp3) is 0.531. The molecule has 226 valence electrons. The number of methoxy groups -OCH3 is 1. The number of benzene rings is 2. The van der Waals surface area contributed by atoms with Crippen molar-refractivity contribution in [3.05, 3.63) is 54.1 Å². The molecule has 0 aromatic heterocycles. The van der Waals surface area contributed by atoms with Gasteiger partial charge in [0.05, 0.1) is 7.11 Å². The fourth-order valence-corrected chi connectivity index (χ4v) is 4.39. The lowest BCUT2D eigenvalue weighted by molar-refractivity contribution is -0.141. The first-order valence-electron chi connectivity index (χ1n) is 14.4. The number of hydrogen-bond donors (Lipinski definition) is 3. The van der Waals surface area contributed by atoms with Gasteiger partial charge >= 0.3 is 6.09 Å². The Bertz CT molecular complexity index is 1110. The maximum atomic E-state index is 14.2. The molecule has 0 fully saturated rings. The van der Waals surface area contributed by atoms with Gasteiger partial charge in [0, 0.05) is 12.2 Å². The highest BCUT2D eigenvalue weighted by Gasteiger charge is 2.37. The van der Waals surface area contributed by atoms with Gasteiger partial charge < -0.3 is 30.1 Å². The lowest BCUT2D eigenvalue weighted by atomic mass is 9.98. The second-order valence-corrected chi connectivity index (χ2v) is 11.5. The van der Waals surface area contributed by atoms with E-state index in [1.165, 1.54) is 12.1 Å². The summed E-state index contributed by atoms with van der Waals surface area (Å²) in [7, 11) is 1.56. The topological polar surface area (TPSA) is 117 Å². The number of amides is 3. The van der Waals surface area contributed by atoms with E-state index in [9.17, 15) is 19.5 Å². The van der Waals surface area contributed by atoms with Gasteiger partial charge in [-0.15, -0.1) is 0 Å². The molecule has 0 radical (unpaired) electrons. The number of unbranched alkanes of at least 4 members (excludes halogenated alkanes) is 4. The quantitative estimate of drug-likeness (QED) is 0.226. The summed E-state index contributed by atoms with van der Waals surface area (Å²) in [6.45, 7) is 11.4. The Kier molecular flexibility index (Phi) is 13.0. The average molecular weight is 570 g/mol. The lowest BCUT2D eigenvalue weighted by Crippen LogP contribution is -2.54. The summed E-state index contributed by atoms with van der Waals surface area (Å²) < 4.78 is 10.7. The van der Waals surface area contributed by atoms with Crippen molar-refractivity contribution in [3.8, 4) is 11.5 Å². The molecule has 2 aromatic rings. The van der Waals surface area contributed by atoms with E-state index in [1.807, 2.05) is 13.8 Å². The van der Waals surface area contributed by atoms with Gasteiger partial charge in [0.1, 0.15) is 29.2 Å². The molecule has 0 aliphatic carbocycles. The zero-order valence-electron chi connectivity index (χ0n) is 25.5. The van der Waals surface area contributed by atoms with Gasteiger partial charge in [-0.05, 0) is 75.1 Å². The molecule has 0 bridgehead atoms. The van der Waals surface area contributed by atoms with E-state index in [0.717, 1.165) is 25.7 Å². The van der Waals surface area contributed by atoms with Gasteiger partial charge in [0.25, 0.3) is 5.91 Å². The number of aromatic hydroxyl groups is 1. The van der Waals surface area contributed by atoms with Crippen molar-refractivity contribution < 1.29 is 29.0 Å². The van der Waals surface area contributed by atoms with Crippen molar-refractivity contribution in [1.82, 2.24) is 10.2 Å². The maximum absolute atomic E-state index is 14.2. The lowest BCUT2D eigenvalue weighted by Gasteiger charge is -2.35. The molecule has 0 saturated heterocycles. The first-order chi connectivity index (χ1) is 19.4. The molecule has 3 amide bonds. The number of carbonyl (C=O) groups is 3. The Morgan fingerprint density at radius 3 is 2.07 bits per heavy atom. The zero-order valence-corrected chi connectivity index (χ0v) is 25.5. The summed E-state index contributed by atoms with van der Waals surface area (Å²) in [4.78, 5) is 42.4. The number of rotatable bonds is 14. The predicted octanol–water partition coefficient (Wildman–Crippen LogP) is 6.43. The highest BCUT2D eigenvalue weighted by Crippen LogP contribution is 2.28. The van der Waals surface area contributed by atoms with Crippen LogP contribution in [-0.4, -0.2) is 53.2 Å². The second-order valence-electron chi connectivity index (χ2n) is 11.5. The number of ether oxygens (including phenoxy) is 2. The van der Waals surface area contributed by atoms with Crippen LogP contribution in [0.15, 0.2) is 48.5 Å². The van der Waals surface area contributed by atoms with Gasteiger partial charge in [0.2, 0.25) is 5.91 Å². The number of hydrogen-bond acceptors (Lipinski definition) is 6. The number of alkyl carbamates (subject to hydrolysis) is 1. The van der Waals surface area contributed by atoms with Crippen LogP contribution in [-0.2, 0) is 14.3 Å². The Balaban J connectivity index is 2.49. The molecule has 2 rings (SSSR count). The number of nitrogens with zero attached hydrogens (tertiary/aromatic N) is 1. The summed E-state index contributed by atoms with van der Waals surface area (Å²) in [6, 6.07) is 11.2. The van der Waals surface area contributed by atoms with Crippen LogP contribution >= 0.6 is 0 Å². The molecule has 0 aliphatic heterocycles. The molecule has 2 atom stereocenters. The number of nitrogens with one attached hydrogen (secondary N) is 2. The molecule has 2 unspecified atom stereocenters. The summed E-state index contributed by atoms with van der Waals surface area (Å²) in [6.07, 6.45) is 4.07. The molecule has 0 aliphatic rings. The highest BCUT2D eigenvalue weighted by atomic mass is 16.6. The van der Waals surface area contributed by atoms with Crippen molar-refractivity contribution >= 4 is 23.6 Å². The van der Waals surface area contributed by atoms with E-state index in [2.05, 4.69) is 17.6 Å². The van der Waals surface area contributed by atoms with E-state index in [-0.39, 0.29) is 17.6 Å². The molecule has 2 aromatic carbocycles. The molecule has 0 saturated carbocycles. The van der Waals surface area contributed by atoms with Gasteiger partial charge in [-0.2, -0.15) is 0 Å². The molecular formula is C32H47N3O6. The Hall–Kier alpha value is -3.75. The molecule has 9 heteroatoms. The number of carbonyl (C=O) groups excluding carboxylic acids is 3. The van der Waals surface area contributed by atoms with E-state index in [4.69, 9.17) is 9.47 Å². The van der Waals surface area contributed by atoms with Crippen LogP contribution in [0.4, 0.5) is 10.5 Å². The maximum Gasteiger partial charge on any atom is 0.408 e. The molecular weight excluding hydrogens is 522 g/mol. The van der Waals surface area contributed by atoms with E-state index >= 15 is 0 Å². The van der Waals surface area contributed by atoms with Crippen LogP contribution in [0.5, 0.6) is 11.5 Å². The number of anilines is 1. The minimum Gasteiger partial charge on any atom is -0.508 e. The van der Waals surface area contributed by atoms with Crippen molar-refractivity contribution in [2.24, 2.45) is 5.92 Å². The van der Waals surface area contributed by atoms with E-state index < -0.39 is 29.7 Å². The molecule has 3 N–H and O–H groups in total. The highest BCUT2D eigenvalue weighted by molar-refractivity contribution is 5.99. The van der Waals surface area contributed by atoms with Crippen molar-refractivity contribution in [2.45, 2.75) is 91.3 Å². The monoisotopic (exact) mass is 569 g/mol. The van der Waals surface area contributed by atoms with E-state index in [0.29, 0.717) is 30.0 Å². The molecule has 41 heavy (non-hydrogen) atoms. The van der Waals surface area contributed by atoms with Crippen LogP contribution in [0.2, 0.25) is 0 Å². The SMILES string of the molecule is CCCCCCCN(C(=O)C(NC(=O)OC(C)(C)C)C(C)C)C(C(=O)Nc1ccc(OC)cc1)c1ccc(O)cc1. The zero-order chi connectivity index (χ0) is 30.6. The predicted molar refractivity (Wildman–Crippen MR) is 161 cm³/mol. The van der Waals surface area contributed by atoms with Crippen molar-refractivity contribution in [1.29, 1.82) is 0 Å². The van der Waals surface area contributed by atoms with Gasteiger partial charge in [-0.25, -0.2) is 4.79 Å². The molecule has 9 nitrogen and oxygen atoms in total. The smallest absolute Gasteiger partial charge is 0.408 e. The van der Waals surface area contributed by atoms with E-state index in [1.54, 1.807) is 69.2 Å². The normalized spacial score (nSPS) is 12.8. The van der Waals surface area contributed by atoms with Gasteiger partial charge in [-0.1, -0.05) is 58.6 Å². The first kappa shape index (κ1) is 33.5. The second kappa shape index (κ2) is 15.9. The summed E-state index contributed by atoms with van der Waals surface area (Å²) in [5.74, 6) is -0.378. The van der Waals surface area contributed by atoms with Crippen LogP contribution in [0.25, 0.3) is 0 Å². The van der Waals surface area contributed by atoms with Crippen LogP contribution in [0.1, 0.15) is 85.3 Å². The summed E-state index contributed by atoms with van der Waals surface area (Å²) in [5.41, 5.74) is 0.346. The average Bonchev–Trinajstić information content (AvgIpc) is 2.90. The third kappa shape index (κ3) is 11.0. The van der Waals surface area contributed by atoms with Gasteiger partial charge in [0.15, 0.2) is 0 Å². The minimum atomic E-state index is -1.02. The van der Waals surface area contributed by atoms with Crippen LogP contribution in [0.3, 0.4) is 0 Å². The Labute approximate surface area is 244 Å². The standard InChI is InChI=1S/C32H47N3O6/c1-8-9-10-11-12-21-35(30(38)27(22(2)3)34-31(39)41-32(4,5)6)28(23-13-17-25(36)18-14-23)29(37)33-24-15-19-26(40-7)20-16-24/h13-20,22,27-28,36H,8-12,21H2,1-7H3,(H,33,37)(H,34,39). The number of phenols is 1. The first-order valence-corrected chi connectivity index (χ1v) is 14.4. The van der Waals surface area contributed by atoms with Crippen molar-refractivity contribution in [2.75, 3.05) is 19.0 Å². The molecule has 0 spiro atoms. The molecule has 0 heterocycles. The Morgan fingerprint density at radius 2 is 1.54 bits per heavy atom. The van der Waals surface area contributed by atoms with Crippen LogP contribution in [0, 0.1) is 5.92 Å². The third-order valence-electron chi connectivity index (χ3n) is 6.52.